The van der Waals surface area contributed by atoms with Crippen LogP contribution in [0.5, 0.6) is 0 Å². The first-order chi connectivity index (χ1) is 5.59. The molecule has 0 aliphatic rings. The van der Waals surface area contributed by atoms with Gasteiger partial charge >= 0.3 is 0 Å². The van der Waals surface area contributed by atoms with E-state index in [9.17, 15) is 8.42 Å². The third kappa shape index (κ3) is 2.35. The molecule has 1 N–H and O–H groups in total. The standard InChI is InChI=1S/C6H7ClN2O2S/c1-4-6(9-12(10)11)2-5(7)3-8-4/h2-3,12H,1H3,(H,9,10,11). The van der Waals surface area contributed by atoms with E-state index in [1.165, 1.54) is 12.3 Å². The number of halogens is 1. The van der Waals surface area contributed by atoms with Gasteiger partial charge in [-0.2, -0.15) is 0 Å². The maximum absolute atomic E-state index is 10.3. The van der Waals surface area contributed by atoms with Crippen LogP contribution in [0.2, 0.25) is 5.02 Å². The van der Waals surface area contributed by atoms with Crippen molar-refractivity contribution in [3.8, 4) is 0 Å². The van der Waals surface area contributed by atoms with E-state index in [0.29, 0.717) is 16.4 Å². The summed E-state index contributed by atoms with van der Waals surface area (Å²) in [4.78, 5) is 3.87. The fourth-order valence-corrected chi connectivity index (χ4v) is 1.30. The van der Waals surface area contributed by atoms with Crippen molar-refractivity contribution in [3.05, 3.63) is 23.0 Å². The van der Waals surface area contributed by atoms with Gasteiger partial charge in [-0.25, -0.2) is 8.42 Å². The van der Waals surface area contributed by atoms with Crippen LogP contribution in [0.4, 0.5) is 5.69 Å². The molecule has 1 aromatic rings. The van der Waals surface area contributed by atoms with E-state index in [4.69, 9.17) is 11.6 Å². The molecule has 1 heterocycles. The first-order valence-corrected chi connectivity index (χ1v) is 4.68. The molecule has 1 aromatic heterocycles. The van der Waals surface area contributed by atoms with E-state index in [1.54, 1.807) is 6.92 Å². The predicted octanol–water partition coefficient (Wildman–Crippen LogP) is 0.982. The average Bonchev–Trinajstić information content (AvgIpc) is 1.96. The second-order valence-corrected chi connectivity index (χ2v) is 3.33. The van der Waals surface area contributed by atoms with Crippen LogP contribution in [-0.4, -0.2) is 13.4 Å². The molecule has 0 atom stereocenters. The Hall–Kier alpha value is -0.810. The molecule has 0 spiro atoms. The Labute approximate surface area is 76.7 Å². The molecule has 12 heavy (non-hydrogen) atoms. The maximum Gasteiger partial charge on any atom is 0.222 e. The van der Waals surface area contributed by atoms with Crippen molar-refractivity contribution in [3.63, 3.8) is 0 Å². The Morgan fingerprint density at radius 2 is 2.25 bits per heavy atom. The Morgan fingerprint density at radius 1 is 1.58 bits per heavy atom. The second kappa shape index (κ2) is 3.73. The summed E-state index contributed by atoms with van der Waals surface area (Å²) in [5.74, 6) is 0. The van der Waals surface area contributed by atoms with Crippen LogP contribution in [0.3, 0.4) is 0 Å². The number of nitrogens with zero attached hydrogens (tertiary/aromatic N) is 1. The number of anilines is 1. The first-order valence-electron chi connectivity index (χ1n) is 3.13. The van der Waals surface area contributed by atoms with Gasteiger partial charge < -0.3 is 0 Å². The highest BCUT2D eigenvalue weighted by Crippen LogP contribution is 2.16. The summed E-state index contributed by atoms with van der Waals surface area (Å²) in [6.45, 7) is 1.69. The topological polar surface area (TPSA) is 59.1 Å². The van der Waals surface area contributed by atoms with Crippen molar-refractivity contribution in [2.45, 2.75) is 6.92 Å². The largest absolute Gasteiger partial charge is 0.284 e. The lowest BCUT2D eigenvalue weighted by molar-refractivity contribution is 0.619. The molecule has 0 saturated heterocycles. The van der Waals surface area contributed by atoms with Crippen LogP contribution in [-0.2, 0) is 10.9 Å². The van der Waals surface area contributed by atoms with Gasteiger partial charge in [0, 0.05) is 6.20 Å². The van der Waals surface area contributed by atoms with Crippen molar-refractivity contribution < 1.29 is 8.42 Å². The molecule has 0 aliphatic heterocycles. The summed E-state index contributed by atoms with van der Waals surface area (Å²) in [6.07, 6.45) is 1.46. The maximum atomic E-state index is 10.3. The Kier molecular flexibility index (Phi) is 2.88. The lowest BCUT2D eigenvalue weighted by Crippen LogP contribution is -1.98. The summed E-state index contributed by atoms with van der Waals surface area (Å²) >= 11 is 5.60. The second-order valence-electron chi connectivity index (χ2n) is 2.16. The van der Waals surface area contributed by atoms with Crippen LogP contribution in [0.1, 0.15) is 5.69 Å². The quantitative estimate of drug-likeness (QED) is 0.710. The molecule has 0 radical (unpaired) electrons. The number of pyridine rings is 1. The Balaban J connectivity index is 3.05. The number of rotatable bonds is 2. The van der Waals surface area contributed by atoms with Gasteiger partial charge in [-0.05, 0) is 13.0 Å². The minimum absolute atomic E-state index is 0.403. The molecule has 4 nitrogen and oxygen atoms in total. The van der Waals surface area contributed by atoms with Crippen molar-refractivity contribution in [2.24, 2.45) is 0 Å². The van der Waals surface area contributed by atoms with E-state index in [1.807, 2.05) is 0 Å². The molecule has 66 valence electrons. The molecule has 6 heteroatoms. The zero-order valence-corrected chi connectivity index (χ0v) is 7.89. The number of aromatic nitrogens is 1. The summed E-state index contributed by atoms with van der Waals surface area (Å²) in [7, 11) is -2.65. The fourth-order valence-electron chi connectivity index (χ4n) is 0.719. The molecule has 1 rings (SSSR count). The zero-order valence-electron chi connectivity index (χ0n) is 6.24. The fraction of sp³-hybridized carbons (Fsp3) is 0.167. The molecular formula is C6H7ClN2O2S. The summed E-state index contributed by atoms with van der Waals surface area (Å²) in [6, 6.07) is 1.51. The minimum Gasteiger partial charge on any atom is -0.284 e. The summed E-state index contributed by atoms with van der Waals surface area (Å²) in [5.41, 5.74) is 1.01. The molecule has 0 unspecified atom stereocenters. The average molecular weight is 207 g/mol. The SMILES string of the molecule is Cc1ncc(Cl)cc1N[SH](=O)=O. The zero-order chi connectivity index (χ0) is 9.14. The Bertz CT molecular complexity index is 357. The van der Waals surface area contributed by atoms with Gasteiger partial charge in [0.25, 0.3) is 0 Å². The smallest absolute Gasteiger partial charge is 0.222 e. The summed E-state index contributed by atoms with van der Waals surface area (Å²) in [5, 5.41) is 0.403. The number of nitrogens with one attached hydrogen (secondary N) is 1. The molecular weight excluding hydrogens is 200 g/mol. The van der Waals surface area contributed by atoms with E-state index in [2.05, 4.69) is 9.71 Å². The normalized spacial score (nSPS) is 10.2. The van der Waals surface area contributed by atoms with Crippen LogP contribution in [0.25, 0.3) is 0 Å². The van der Waals surface area contributed by atoms with E-state index < -0.39 is 10.9 Å². The third-order valence-corrected chi connectivity index (χ3v) is 1.90. The predicted molar refractivity (Wildman–Crippen MR) is 47.9 cm³/mol. The highest BCUT2D eigenvalue weighted by molar-refractivity contribution is 7.73. The van der Waals surface area contributed by atoms with Gasteiger partial charge in [-0.1, -0.05) is 11.6 Å². The van der Waals surface area contributed by atoms with Gasteiger partial charge in [-0.15, -0.1) is 0 Å². The first kappa shape index (κ1) is 9.28. The van der Waals surface area contributed by atoms with Crippen molar-refractivity contribution in [1.29, 1.82) is 0 Å². The Morgan fingerprint density at radius 3 is 2.83 bits per heavy atom. The van der Waals surface area contributed by atoms with E-state index in [0.717, 1.165) is 0 Å². The van der Waals surface area contributed by atoms with Gasteiger partial charge in [0.2, 0.25) is 10.9 Å². The third-order valence-electron chi connectivity index (χ3n) is 1.27. The van der Waals surface area contributed by atoms with Gasteiger partial charge in [0.1, 0.15) is 0 Å². The van der Waals surface area contributed by atoms with Crippen LogP contribution in [0, 0.1) is 6.92 Å². The number of aryl methyl sites for hydroxylation is 1. The highest BCUT2D eigenvalue weighted by Gasteiger charge is 1.99. The molecule has 0 aromatic carbocycles. The minimum atomic E-state index is -2.65. The van der Waals surface area contributed by atoms with E-state index >= 15 is 0 Å². The summed E-state index contributed by atoms with van der Waals surface area (Å²) < 4.78 is 22.8. The lowest BCUT2D eigenvalue weighted by Gasteiger charge is -2.01. The molecule has 0 aliphatic carbocycles. The van der Waals surface area contributed by atoms with Gasteiger partial charge in [0.05, 0.1) is 16.4 Å². The number of thiol groups is 1. The van der Waals surface area contributed by atoms with Gasteiger partial charge in [-0.3, -0.25) is 9.71 Å². The van der Waals surface area contributed by atoms with Crippen LogP contribution >= 0.6 is 11.6 Å². The monoisotopic (exact) mass is 206 g/mol. The highest BCUT2D eigenvalue weighted by atomic mass is 35.5. The lowest BCUT2D eigenvalue weighted by atomic mass is 10.3. The molecule has 0 amide bonds. The number of hydrogen-bond donors (Lipinski definition) is 2. The molecule has 0 saturated carbocycles. The molecule has 0 bridgehead atoms. The van der Waals surface area contributed by atoms with Crippen molar-refractivity contribution in [2.75, 3.05) is 4.72 Å². The van der Waals surface area contributed by atoms with Gasteiger partial charge in [0.15, 0.2) is 0 Å². The molecule has 0 fully saturated rings. The van der Waals surface area contributed by atoms with Crippen LogP contribution < -0.4 is 4.72 Å². The van der Waals surface area contributed by atoms with Crippen molar-refractivity contribution in [1.82, 2.24) is 4.98 Å². The number of hydrogen-bond acceptors (Lipinski definition) is 3. The van der Waals surface area contributed by atoms with Crippen molar-refractivity contribution >= 4 is 28.2 Å². The van der Waals surface area contributed by atoms with Crippen LogP contribution in [0.15, 0.2) is 12.3 Å². The van der Waals surface area contributed by atoms with E-state index in [-0.39, 0.29) is 0 Å².